The van der Waals surface area contributed by atoms with Crippen molar-refractivity contribution in [1.82, 2.24) is 20.1 Å². The van der Waals surface area contributed by atoms with Gasteiger partial charge in [0.05, 0.1) is 22.4 Å². The molecule has 2 aromatic rings. The van der Waals surface area contributed by atoms with Crippen LogP contribution in [0.25, 0.3) is 0 Å². The maximum atomic E-state index is 12.9. The summed E-state index contributed by atoms with van der Waals surface area (Å²) in [7, 11) is 1.79. The fourth-order valence-electron chi connectivity index (χ4n) is 4.62. The number of piperidine rings is 1. The van der Waals surface area contributed by atoms with Gasteiger partial charge < -0.3 is 20.1 Å². The Hall–Kier alpha value is -2.45. The van der Waals surface area contributed by atoms with E-state index in [0.29, 0.717) is 37.1 Å². The number of nitrogens with zero attached hydrogens (tertiary/aromatic N) is 4. The van der Waals surface area contributed by atoms with Crippen molar-refractivity contribution in [2.45, 2.75) is 50.4 Å². The van der Waals surface area contributed by atoms with Crippen molar-refractivity contribution in [2.24, 2.45) is 7.05 Å². The molecule has 0 saturated carbocycles. The van der Waals surface area contributed by atoms with Crippen LogP contribution in [-0.4, -0.2) is 62.7 Å². The summed E-state index contributed by atoms with van der Waals surface area (Å²) in [5.41, 5.74) is -0.208. The Balaban J connectivity index is 1.48. The van der Waals surface area contributed by atoms with Gasteiger partial charge in [0, 0.05) is 39.1 Å². The number of hydrogen-bond acceptors (Lipinski definition) is 6. The molecule has 0 bridgehead atoms. The first-order valence-electron chi connectivity index (χ1n) is 10.1. The number of aliphatic hydroxyl groups excluding tert-OH is 1. The van der Waals surface area contributed by atoms with Crippen LogP contribution in [0.2, 0.25) is 0 Å². The summed E-state index contributed by atoms with van der Waals surface area (Å²) in [6.07, 6.45) is 4.63. The van der Waals surface area contributed by atoms with Gasteiger partial charge in [-0.15, -0.1) is 0 Å². The van der Waals surface area contributed by atoms with Crippen LogP contribution in [0.3, 0.4) is 0 Å². The quantitative estimate of drug-likeness (QED) is 0.811. The van der Waals surface area contributed by atoms with Gasteiger partial charge in [0.25, 0.3) is 5.91 Å². The van der Waals surface area contributed by atoms with E-state index in [1.807, 2.05) is 32.0 Å². The van der Waals surface area contributed by atoms with Crippen molar-refractivity contribution in [3.8, 4) is 0 Å². The van der Waals surface area contributed by atoms with Gasteiger partial charge >= 0.3 is 0 Å². The molecule has 2 fully saturated rings. The van der Waals surface area contributed by atoms with Crippen molar-refractivity contribution < 1.29 is 14.6 Å². The minimum absolute atomic E-state index is 0.208. The molecule has 0 radical (unpaired) electrons. The molecule has 4 heterocycles. The topological polar surface area (TPSA) is 92.5 Å². The second kappa shape index (κ2) is 7.42. The number of ether oxygens (including phenoxy) is 1. The highest BCUT2D eigenvalue weighted by Crippen LogP contribution is 2.40. The van der Waals surface area contributed by atoms with Crippen LogP contribution in [0, 0.1) is 6.92 Å². The van der Waals surface area contributed by atoms with E-state index in [1.165, 1.54) is 0 Å². The van der Waals surface area contributed by atoms with Gasteiger partial charge in [-0.3, -0.25) is 9.48 Å². The minimum Gasteiger partial charge on any atom is -0.388 e. The normalized spacial score (nSPS) is 26.5. The Labute approximate surface area is 170 Å². The summed E-state index contributed by atoms with van der Waals surface area (Å²) in [5, 5.41) is 18.7. The second-order valence-corrected chi connectivity index (χ2v) is 8.41. The van der Waals surface area contributed by atoms with Crippen LogP contribution < -0.4 is 10.2 Å². The Kier molecular flexibility index (Phi) is 5.08. The third-order valence-corrected chi connectivity index (χ3v) is 6.35. The summed E-state index contributed by atoms with van der Waals surface area (Å²) in [6, 6.07) is 5.88. The number of nitrogens with one attached hydrogen (secondary N) is 1. The molecular formula is C21H29N5O3. The number of carbonyl (C=O) groups is 1. The highest BCUT2D eigenvalue weighted by molar-refractivity contribution is 5.95. The molecule has 1 spiro atoms. The number of aliphatic hydroxyl groups is 1. The zero-order valence-corrected chi connectivity index (χ0v) is 17.3. The van der Waals surface area contributed by atoms with Gasteiger partial charge in [-0.05, 0) is 45.2 Å². The summed E-state index contributed by atoms with van der Waals surface area (Å²) in [5.74, 6) is 0.732. The molecule has 2 aromatic heterocycles. The zero-order chi connectivity index (χ0) is 20.6. The highest BCUT2D eigenvalue weighted by Gasteiger charge is 2.54. The van der Waals surface area contributed by atoms with E-state index in [9.17, 15) is 9.90 Å². The van der Waals surface area contributed by atoms with E-state index in [1.54, 1.807) is 24.1 Å². The number of pyridine rings is 1. The molecule has 0 aliphatic carbocycles. The van der Waals surface area contributed by atoms with E-state index in [0.717, 1.165) is 18.9 Å². The predicted molar refractivity (Wildman–Crippen MR) is 109 cm³/mol. The molecule has 156 valence electrons. The van der Waals surface area contributed by atoms with Gasteiger partial charge in [-0.25, -0.2) is 4.98 Å². The highest BCUT2D eigenvalue weighted by atomic mass is 16.5. The number of carbonyl (C=O) groups excluding carboxylic acids is 1. The molecular weight excluding hydrogens is 370 g/mol. The van der Waals surface area contributed by atoms with E-state index >= 15 is 0 Å². The van der Waals surface area contributed by atoms with Crippen molar-refractivity contribution >= 4 is 11.7 Å². The van der Waals surface area contributed by atoms with Crippen molar-refractivity contribution in [3.63, 3.8) is 0 Å². The molecule has 29 heavy (non-hydrogen) atoms. The fourth-order valence-corrected chi connectivity index (χ4v) is 4.62. The first kappa shape index (κ1) is 19.8. The van der Waals surface area contributed by atoms with Crippen LogP contribution in [0.5, 0.6) is 0 Å². The summed E-state index contributed by atoms with van der Waals surface area (Å²) in [4.78, 5) is 19.5. The lowest BCUT2D eigenvalue weighted by atomic mass is 9.73. The largest absolute Gasteiger partial charge is 0.388 e. The lowest BCUT2D eigenvalue weighted by Crippen LogP contribution is -2.69. The maximum absolute atomic E-state index is 12.9. The number of aryl methyl sites for hydroxylation is 2. The van der Waals surface area contributed by atoms with Crippen LogP contribution >= 0.6 is 0 Å². The minimum atomic E-state index is -0.796. The van der Waals surface area contributed by atoms with Crippen molar-refractivity contribution in [3.05, 3.63) is 41.9 Å². The van der Waals surface area contributed by atoms with Gasteiger partial charge in [-0.2, -0.15) is 5.10 Å². The standard InChI is InChI=1S/C21H29N5O3/c1-15-16(14-25(3)24-15)18(27)23-20(2)9-13-29-21(19(20)28)7-11-26(12-8-21)17-6-4-5-10-22-17/h4-6,10,14,19,28H,7-9,11-13H2,1-3H3,(H,23,27)/t19-,20+/m0/s1. The molecule has 8 heteroatoms. The molecule has 2 aliphatic rings. The number of anilines is 1. The third-order valence-electron chi connectivity index (χ3n) is 6.35. The lowest BCUT2D eigenvalue weighted by Gasteiger charge is -2.53. The van der Waals surface area contributed by atoms with E-state index in [2.05, 4.69) is 20.3 Å². The predicted octanol–water partition coefficient (Wildman–Crippen LogP) is 1.43. The Morgan fingerprint density at radius 1 is 1.31 bits per heavy atom. The molecule has 8 nitrogen and oxygen atoms in total. The van der Waals surface area contributed by atoms with Crippen LogP contribution in [0.4, 0.5) is 5.82 Å². The average molecular weight is 399 g/mol. The molecule has 0 unspecified atom stereocenters. The third kappa shape index (κ3) is 3.62. The Morgan fingerprint density at radius 2 is 2.07 bits per heavy atom. The fraction of sp³-hybridized carbons (Fsp3) is 0.571. The summed E-state index contributed by atoms with van der Waals surface area (Å²) in [6.45, 7) is 5.73. The first-order valence-corrected chi connectivity index (χ1v) is 10.1. The lowest BCUT2D eigenvalue weighted by molar-refractivity contribution is -0.195. The van der Waals surface area contributed by atoms with Crippen LogP contribution in [-0.2, 0) is 11.8 Å². The number of amides is 1. The molecule has 4 rings (SSSR count). The summed E-state index contributed by atoms with van der Waals surface area (Å²) < 4.78 is 7.78. The van der Waals surface area contributed by atoms with E-state index in [-0.39, 0.29) is 5.91 Å². The van der Waals surface area contributed by atoms with E-state index in [4.69, 9.17) is 4.74 Å². The first-order chi connectivity index (χ1) is 13.8. The smallest absolute Gasteiger partial charge is 0.255 e. The zero-order valence-electron chi connectivity index (χ0n) is 17.3. The molecule has 2 saturated heterocycles. The molecule has 2 aliphatic heterocycles. The molecule has 2 N–H and O–H groups in total. The van der Waals surface area contributed by atoms with Gasteiger partial charge in [-0.1, -0.05) is 6.07 Å². The molecule has 1 amide bonds. The second-order valence-electron chi connectivity index (χ2n) is 8.41. The summed E-state index contributed by atoms with van der Waals surface area (Å²) >= 11 is 0. The van der Waals surface area contributed by atoms with Gasteiger partial charge in [0.15, 0.2) is 0 Å². The monoisotopic (exact) mass is 399 g/mol. The van der Waals surface area contributed by atoms with Crippen LogP contribution in [0.1, 0.15) is 42.2 Å². The molecule has 0 aromatic carbocycles. The number of aromatic nitrogens is 3. The Morgan fingerprint density at radius 3 is 2.69 bits per heavy atom. The Bertz CT molecular complexity index is 876. The average Bonchev–Trinajstić information content (AvgIpc) is 3.06. The van der Waals surface area contributed by atoms with Crippen LogP contribution in [0.15, 0.2) is 30.6 Å². The van der Waals surface area contributed by atoms with Gasteiger partial charge in [0.2, 0.25) is 0 Å². The SMILES string of the molecule is Cc1nn(C)cc1C(=O)N[C@]1(C)CCOC2(CCN(c3ccccn3)CC2)[C@H]1O. The maximum Gasteiger partial charge on any atom is 0.255 e. The molecule has 2 atom stereocenters. The van der Waals surface area contributed by atoms with Crippen molar-refractivity contribution in [1.29, 1.82) is 0 Å². The number of hydrogen-bond donors (Lipinski definition) is 2. The van der Waals surface area contributed by atoms with Crippen molar-refractivity contribution in [2.75, 3.05) is 24.6 Å². The number of rotatable bonds is 3. The van der Waals surface area contributed by atoms with Gasteiger partial charge in [0.1, 0.15) is 11.9 Å². The van der Waals surface area contributed by atoms with E-state index < -0.39 is 17.2 Å².